The van der Waals surface area contributed by atoms with Crippen LogP contribution >= 0.6 is 11.8 Å². The fourth-order valence-corrected chi connectivity index (χ4v) is 5.47. The van der Waals surface area contributed by atoms with Crippen molar-refractivity contribution in [2.45, 2.75) is 63.1 Å². The molecular formula is C21H26N4O2S. The van der Waals surface area contributed by atoms with Crippen LogP contribution in [-0.2, 0) is 24.2 Å². The Morgan fingerprint density at radius 1 is 1.11 bits per heavy atom. The van der Waals surface area contributed by atoms with Crippen molar-refractivity contribution < 1.29 is 9.53 Å². The van der Waals surface area contributed by atoms with Gasteiger partial charge in [-0.1, -0.05) is 37.1 Å². The van der Waals surface area contributed by atoms with Gasteiger partial charge < -0.3 is 4.74 Å². The first kappa shape index (κ1) is 18.0. The van der Waals surface area contributed by atoms with Crippen LogP contribution in [0.3, 0.4) is 0 Å². The maximum absolute atomic E-state index is 13.2. The molecule has 0 bridgehead atoms. The summed E-state index contributed by atoms with van der Waals surface area (Å²) in [4.78, 5) is 13.2. The van der Waals surface area contributed by atoms with Crippen LogP contribution < -0.4 is 9.75 Å². The van der Waals surface area contributed by atoms with Crippen molar-refractivity contribution in [1.29, 1.82) is 0 Å². The van der Waals surface area contributed by atoms with Gasteiger partial charge in [0.2, 0.25) is 11.1 Å². The number of aryl methyl sites for hydroxylation is 2. The monoisotopic (exact) mass is 398 g/mol. The number of benzene rings is 1. The van der Waals surface area contributed by atoms with Crippen molar-refractivity contribution in [3.63, 3.8) is 0 Å². The van der Waals surface area contributed by atoms with Gasteiger partial charge in [0.15, 0.2) is 5.82 Å². The van der Waals surface area contributed by atoms with E-state index in [1.165, 1.54) is 30.4 Å². The summed E-state index contributed by atoms with van der Waals surface area (Å²) in [6.45, 7) is 1.03. The van der Waals surface area contributed by atoms with E-state index in [9.17, 15) is 4.79 Å². The average molecular weight is 399 g/mol. The van der Waals surface area contributed by atoms with Crippen LogP contribution in [0.2, 0.25) is 0 Å². The number of amides is 1. The Kier molecular flexibility index (Phi) is 5.01. The normalized spacial score (nSPS) is 19.4. The smallest absolute Gasteiger partial charge is 0.244 e. The molecule has 1 aromatic heterocycles. The number of nitrogens with zero attached hydrogens (tertiary/aromatic N) is 4. The molecule has 0 atom stereocenters. The highest BCUT2D eigenvalue weighted by Crippen LogP contribution is 2.30. The minimum atomic E-state index is 0.137. The van der Waals surface area contributed by atoms with E-state index in [0.29, 0.717) is 19.0 Å². The third kappa shape index (κ3) is 3.41. The van der Waals surface area contributed by atoms with E-state index in [2.05, 4.69) is 22.3 Å². The van der Waals surface area contributed by atoms with Crippen molar-refractivity contribution >= 4 is 17.7 Å². The van der Waals surface area contributed by atoms with Crippen molar-refractivity contribution in [3.8, 4) is 5.75 Å². The number of hydrogen-bond acceptors (Lipinski definition) is 5. The minimum absolute atomic E-state index is 0.137. The van der Waals surface area contributed by atoms with Crippen LogP contribution in [0.5, 0.6) is 5.75 Å². The highest BCUT2D eigenvalue weighted by molar-refractivity contribution is 7.99. The molecule has 0 spiro atoms. The molecule has 2 aromatic rings. The van der Waals surface area contributed by atoms with E-state index in [0.717, 1.165) is 48.8 Å². The van der Waals surface area contributed by atoms with Gasteiger partial charge in [-0.3, -0.25) is 4.79 Å². The molecule has 7 heteroatoms. The standard InChI is InChI=1S/C21H26N4O2S/c26-20(16-5-2-1-3-6-16)24-11-12-28-21-23-22-19(25(21)24)14-27-18-10-9-15-7-4-8-17(15)13-18/h9-10,13,16H,1-8,11-12,14H2. The van der Waals surface area contributed by atoms with Crippen molar-refractivity contribution in [2.24, 2.45) is 5.92 Å². The second-order valence-corrected chi connectivity index (χ2v) is 8.99. The minimum Gasteiger partial charge on any atom is -0.486 e. The molecule has 28 heavy (non-hydrogen) atoms. The number of carbonyl (C=O) groups is 1. The van der Waals surface area contributed by atoms with Crippen molar-refractivity contribution in [1.82, 2.24) is 14.9 Å². The summed E-state index contributed by atoms with van der Waals surface area (Å²) < 4.78 is 7.95. The molecule has 1 saturated carbocycles. The van der Waals surface area contributed by atoms with Gasteiger partial charge in [-0.2, -0.15) is 0 Å². The van der Waals surface area contributed by atoms with Crippen LogP contribution in [0.25, 0.3) is 0 Å². The molecule has 1 aliphatic heterocycles. The Balaban J connectivity index is 1.34. The number of carbonyl (C=O) groups excluding carboxylic acids is 1. The Morgan fingerprint density at radius 2 is 1.96 bits per heavy atom. The van der Waals surface area contributed by atoms with Gasteiger partial charge in [0.1, 0.15) is 12.4 Å². The molecular weight excluding hydrogens is 372 g/mol. The van der Waals surface area contributed by atoms with E-state index >= 15 is 0 Å². The lowest BCUT2D eigenvalue weighted by molar-refractivity contribution is -0.125. The fourth-order valence-electron chi connectivity index (χ4n) is 4.60. The lowest BCUT2D eigenvalue weighted by atomic mass is 9.88. The number of hydrogen-bond donors (Lipinski definition) is 0. The number of ether oxygens (including phenoxy) is 1. The van der Waals surface area contributed by atoms with Gasteiger partial charge >= 0.3 is 0 Å². The fraction of sp³-hybridized carbons (Fsp3) is 0.571. The second-order valence-electron chi connectivity index (χ2n) is 7.93. The zero-order valence-corrected chi connectivity index (χ0v) is 16.9. The van der Waals surface area contributed by atoms with Gasteiger partial charge in [0.25, 0.3) is 0 Å². The van der Waals surface area contributed by atoms with Gasteiger partial charge in [0, 0.05) is 11.7 Å². The lowest BCUT2D eigenvalue weighted by Crippen LogP contribution is -2.48. The zero-order chi connectivity index (χ0) is 18.9. The topological polar surface area (TPSA) is 60.3 Å². The third-order valence-corrected chi connectivity index (χ3v) is 7.00. The number of thioether (sulfide) groups is 1. The highest BCUT2D eigenvalue weighted by Gasteiger charge is 2.32. The average Bonchev–Trinajstić information content (AvgIpc) is 3.38. The van der Waals surface area contributed by atoms with E-state index in [1.807, 2.05) is 15.8 Å². The summed E-state index contributed by atoms with van der Waals surface area (Å²) in [5.74, 6) is 2.79. The molecule has 0 N–H and O–H groups in total. The van der Waals surface area contributed by atoms with Crippen molar-refractivity contribution in [3.05, 3.63) is 35.2 Å². The van der Waals surface area contributed by atoms with E-state index in [-0.39, 0.29) is 11.8 Å². The maximum Gasteiger partial charge on any atom is 0.244 e. The first-order chi connectivity index (χ1) is 13.8. The lowest BCUT2D eigenvalue weighted by Gasteiger charge is -2.33. The summed E-state index contributed by atoms with van der Waals surface area (Å²) in [7, 11) is 0. The summed E-state index contributed by atoms with van der Waals surface area (Å²) in [5, 5.41) is 11.3. The summed E-state index contributed by atoms with van der Waals surface area (Å²) >= 11 is 1.66. The molecule has 0 unspecified atom stereocenters. The Labute approximate surface area is 169 Å². The number of fused-ring (bicyclic) bond motifs is 2. The molecule has 0 saturated heterocycles. The zero-order valence-electron chi connectivity index (χ0n) is 16.1. The third-order valence-electron chi connectivity index (χ3n) is 6.10. The van der Waals surface area contributed by atoms with E-state index < -0.39 is 0 Å². The maximum atomic E-state index is 13.2. The van der Waals surface area contributed by atoms with E-state index in [1.54, 1.807) is 11.8 Å². The van der Waals surface area contributed by atoms with E-state index in [4.69, 9.17) is 4.74 Å². The van der Waals surface area contributed by atoms with Crippen LogP contribution in [0.15, 0.2) is 23.4 Å². The SMILES string of the molecule is O=C(C1CCCCC1)N1CCSc2nnc(COc3ccc4c(c3)CCC4)n21. The van der Waals surface area contributed by atoms with Crippen molar-refractivity contribution in [2.75, 3.05) is 17.3 Å². The van der Waals surface area contributed by atoms with Crippen LogP contribution in [0, 0.1) is 5.92 Å². The van der Waals surface area contributed by atoms with Crippen LogP contribution in [0.4, 0.5) is 0 Å². The summed E-state index contributed by atoms with van der Waals surface area (Å²) in [6.07, 6.45) is 9.09. The quantitative estimate of drug-likeness (QED) is 0.789. The van der Waals surface area contributed by atoms with Gasteiger partial charge in [0.05, 0.1) is 6.54 Å². The molecule has 1 amide bonds. The summed E-state index contributed by atoms with van der Waals surface area (Å²) in [6, 6.07) is 6.36. The number of rotatable bonds is 4. The first-order valence-corrected chi connectivity index (χ1v) is 11.4. The second kappa shape index (κ2) is 7.78. The Morgan fingerprint density at radius 3 is 2.86 bits per heavy atom. The van der Waals surface area contributed by atoms with Crippen LogP contribution in [0.1, 0.15) is 55.5 Å². The molecule has 6 nitrogen and oxygen atoms in total. The number of aromatic nitrogens is 3. The Hall–Kier alpha value is -2.02. The van der Waals surface area contributed by atoms with Gasteiger partial charge in [-0.25, -0.2) is 9.69 Å². The predicted molar refractivity (Wildman–Crippen MR) is 108 cm³/mol. The molecule has 1 fully saturated rings. The molecule has 1 aromatic carbocycles. The van der Waals surface area contributed by atoms with Crippen LogP contribution in [-0.4, -0.2) is 33.1 Å². The largest absolute Gasteiger partial charge is 0.486 e. The summed E-state index contributed by atoms with van der Waals surface area (Å²) in [5.41, 5.74) is 2.83. The molecule has 3 aliphatic rings. The molecule has 0 radical (unpaired) electrons. The molecule has 2 aliphatic carbocycles. The highest BCUT2D eigenvalue weighted by atomic mass is 32.2. The molecule has 148 valence electrons. The van der Waals surface area contributed by atoms with Gasteiger partial charge in [-0.05, 0) is 55.4 Å². The molecule has 2 heterocycles. The molecule has 5 rings (SSSR count). The first-order valence-electron chi connectivity index (χ1n) is 10.4. The predicted octanol–water partition coefficient (Wildman–Crippen LogP) is 3.50. The Bertz CT molecular complexity index is 875. The van der Waals surface area contributed by atoms with Gasteiger partial charge in [-0.15, -0.1) is 10.2 Å².